The molecule has 4 aromatic heterocycles. The van der Waals surface area contributed by atoms with Gasteiger partial charge in [0.1, 0.15) is 16.9 Å². The summed E-state index contributed by atoms with van der Waals surface area (Å²) >= 11 is 0. The average Bonchev–Trinajstić information content (AvgIpc) is 3.78. The second kappa shape index (κ2) is 16.0. The molecule has 65 heavy (non-hydrogen) atoms. The van der Waals surface area contributed by atoms with Gasteiger partial charge < -0.3 is 4.42 Å². The summed E-state index contributed by atoms with van der Waals surface area (Å²) in [5.74, 6) is 2.73. The summed E-state index contributed by atoms with van der Waals surface area (Å²) < 4.78 is 6.21. The molecule has 0 bridgehead atoms. The van der Waals surface area contributed by atoms with E-state index in [1.54, 1.807) is 0 Å². The fourth-order valence-electron chi connectivity index (χ4n) is 8.39. The fraction of sp³-hybridized carbons (Fsp3) is 0. The molecule has 304 valence electrons. The van der Waals surface area contributed by atoms with Crippen molar-refractivity contribution in [2.24, 2.45) is 0 Å². The Hall–Kier alpha value is -9.01. The maximum Gasteiger partial charge on any atom is 0.182 e. The van der Waals surface area contributed by atoms with Crippen LogP contribution >= 0.6 is 0 Å². The SMILES string of the molecule is c1ccc(-c2nc(-c3ccc(-c4cccc5oc6ccccc6c45)cc3)cc(-c3nc(-c4ccccc4)nc(-c4ccc(-c5nc(-c6ccccc6)nc6ccccc56)cc4)n3)n2)cc1. The van der Waals surface area contributed by atoms with Crippen molar-refractivity contribution < 1.29 is 4.42 Å². The Bertz CT molecular complexity index is 3690. The summed E-state index contributed by atoms with van der Waals surface area (Å²) in [5.41, 5.74) is 12.4. The van der Waals surface area contributed by atoms with Gasteiger partial charge in [0.15, 0.2) is 29.1 Å². The number of aromatic nitrogens is 7. The van der Waals surface area contributed by atoms with Crippen LogP contribution in [0.25, 0.3) is 124 Å². The normalized spacial score (nSPS) is 11.4. The number of furan rings is 1. The van der Waals surface area contributed by atoms with Gasteiger partial charge >= 0.3 is 0 Å². The van der Waals surface area contributed by atoms with Crippen molar-refractivity contribution >= 4 is 32.8 Å². The zero-order valence-electron chi connectivity index (χ0n) is 34.7. The molecule has 0 saturated heterocycles. The Labute approximate surface area is 373 Å². The van der Waals surface area contributed by atoms with Crippen LogP contribution in [0.3, 0.4) is 0 Å². The van der Waals surface area contributed by atoms with E-state index in [1.807, 2.05) is 158 Å². The molecule has 0 amide bonds. The molecule has 0 fully saturated rings. The van der Waals surface area contributed by atoms with E-state index in [0.717, 1.165) is 88.7 Å². The quantitative estimate of drug-likeness (QED) is 0.149. The van der Waals surface area contributed by atoms with Crippen LogP contribution in [-0.2, 0) is 0 Å². The van der Waals surface area contributed by atoms with Gasteiger partial charge in [-0.25, -0.2) is 34.9 Å². The third-order valence-corrected chi connectivity index (χ3v) is 11.6. The lowest BCUT2D eigenvalue weighted by atomic mass is 9.98. The van der Waals surface area contributed by atoms with Crippen LogP contribution in [0, 0.1) is 0 Å². The molecule has 0 aliphatic carbocycles. The molecule has 4 heterocycles. The van der Waals surface area contributed by atoms with E-state index < -0.39 is 0 Å². The molecule has 0 atom stereocenters. The number of hydrogen-bond donors (Lipinski definition) is 0. The molecule has 12 rings (SSSR count). The van der Waals surface area contributed by atoms with Crippen LogP contribution in [0.4, 0.5) is 0 Å². The van der Waals surface area contributed by atoms with Gasteiger partial charge in [0.05, 0.1) is 16.9 Å². The highest BCUT2D eigenvalue weighted by atomic mass is 16.3. The molecular formula is C57H35N7O. The predicted octanol–water partition coefficient (Wildman–Crippen LogP) is 13.8. The molecule has 0 unspecified atom stereocenters. The fourth-order valence-corrected chi connectivity index (χ4v) is 8.39. The Morgan fingerprint density at radius 3 is 1.43 bits per heavy atom. The predicted molar refractivity (Wildman–Crippen MR) is 259 cm³/mol. The van der Waals surface area contributed by atoms with E-state index in [2.05, 4.69) is 54.6 Å². The Morgan fingerprint density at radius 2 is 0.754 bits per heavy atom. The van der Waals surface area contributed by atoms with Gasteiger partial charge in [0.25, 0.3) is 0 Å². The largest absolute Gasteiger partial charge is 0.456 e. The Kier molecular flexibility index (Phi) is 9.31. The molecule has 0 aliphatic rings. The lowest BCUT2D eigenvalue weighted by Gasteiger charge is -2.12. The molecule has 0 radical (unpaired) electrons. The zero-order valence-corrected chi connectivity index (χ0v) is 34.7. The maximum atomic E-state index is 6.21. The number of para-hydroxylation sites is 2. The van der Waals surface area contributed by atoms with E-state index in [4.69, 9.17) is 39.3 Å². The highest BCUT2D eigenvalue weighted by Gasteiger charge is 2.19. The van der Waals surface area contributed by atoms with Gasteiger partial charge in [-0.1, -0.05) is 188 Å². The first kappa shape index (κ1) is 37.7. The van der Waals surface area contributed by atoms with Crippen molar-refractivity contribution in [2.75, 3.05) is 0 Å². The van der Waals surface area contributed by atoms with Crippen molar-refractivity contribution in [2.45, 2.75) is 0 Å². The van der Waals surface area contributed by atoms with Gasteiger partial charge in [-0.05, 0) is 35.4 Å². The van der Waals surface area contributed by atoms with Crippen LogP contribution in [0.1, 0.15) is 0 Å². The first-order valence-corrected chi connectivity index (χ1v) is 21.4. The van der Waals surface area contributed by atoms with Crippen molar-refractivity contribution in [3.05, 3.63) is 212 Å². The average molecular weight is 834 g/mol. The Balaban J connectivity index is 0.965. The van der Waals surface area contributed by atoms with Crippen molar-refractivity contribution in [1.29, 1.82) is 0 Å². The van der Waals surface area contributed by atoms with Crippen LogP contribution in [0.2, 0.25) is 0 Å². The first-order chi connectivity index (χ1) is 32.2. The van der Waals surface area contributed by atoms with E-state index in [-0.39, 0.29) is 0 Å². The van der Waals surface area contributed by atoms with Crippen LogP contribution in [0.15, 0.2) is 217 Å². The Morgan fingerprint density at radius 1 is 0.277 bits per heavy atom. The first-order valence-electron chi connectivity index (χ1n) is 21.4. The number of rotatable bonds is 8. The smallest absolute Gasteiger partial charge is 0.182 e. The molecule has 8 heteroatoms. The van der Waals surface area contributed by atoms with E-state index in [9.17, 15) is 0 Å². The standard InChI is InChI=1S/C57H35N7O/c1-4-15-39(16-5-1)53-59-47(37-29-27-36(28-30-37)43-23-14-26-50-51(43)45-22-11-13-25-49(45)65-50)35-48(60-53)57-63-55(41-19-8-3-9-20-41)62-56(64-57)42-33-31-38(32-34-42)52-44-21-10-12-24-46(44)58-54(61-52)40-17-6-2-7-18-40/h1-35H. The minimum atomic E-state index is 0.434. The molecular weight excluding hydrogens is 799 g/mol. The molecule has 0 aliphatic heterocycles. The number of hydrogen-bond acceptors (Lipinski definition) is 8. The summed E-state index contributed by atoms with van der Waals surface area (Å²) in [6, 6.07) is 71.2. The van der Waals surface area contributed by atoms with Crippen LogP contribution in [-0.4, -0.2) is 34.9 Å². The summed E-state index contributed by atoms with van der Waals surface area (Å²) in [6.07, 6.45) is 0. The third-order valence-electron chi connectivity index (χ3n) is 11.6. The zero-order chi connectivity index (χ0) is 43.1. The lowest BCUT2D eigenvalue weighted by molar-refractivity contribution is 0.669. The van der Waals surface area contributed by atoms with Gasteiger partial charge in [-0.2, -0.15) is 0 Å². The monoisotopic (exact) mass is 833 g/mol. The highest BCUT2D eigenvalue weighted by Crippen LogP contribution is 2.38. The minimum absolute atomic E-state index is 0.434. The van der Waals surface area contributed by atoms with Crippen molar-refractivity contribution in [3.8, 4) is 90.7 Å². The van der Waals surface area contributed by atoms with Gasteiger partial charge in [-0.15, -0.1) is 0 Å². The summed E-state index contributed by atoms with van der Waals surface area (Å²) in [5, 5.41) is 3.16. The maximum absolute atomic E-state index is 6.21. The second-order valence-electron chi connectivity index (χ2n) is 15.7. The topological polar surface area (TPSA) is 103 Å². The summed E-state index contributed by atoms with van der Waals surface area (Å²) in [4.78, 5) is 35.5. The molecule has 0 spiro atoms. The third kappa shape index (κ3) is 7.15. The van der Waals surface area contributed by atoms with Gasteiger partial charge in [0, 0.05) is 49.5 Å². The molecule has 8 aromatic carbocycles. The number of nitrogens with zero attached hydrogens (tertiary/aromatic N) is 7. The van der Waals surface area contributed by atoms with E-state index in [0.29, 0.717) is 34.8 Å². The van der Waals surface area contributed by atoms with Crippen molar-refractivity contribution in [1.82, 2.24) is 34.9 Å². The molecule has 8 nitrogen and oxygen atoms in total. The number of benzene rings is 8. The molecule has 0 N–H and O–H groups in total. The lowest BCUT2D eigenvalue weighted by Crippen LogP contribution is -2.03. The highest BCUT2D eigenvalue weighted by molar-refractivity contribution is 6.12. The van der Waals surface area contributed by atoms with E-state index >= 15 is 0 Å². The van der Waals surface area contributed by atoms with Crippen molar-refractivity contribution in [3.63, 3.8) is 0 Å². The van der Waals surface area contributed by atoms with E-state index in [1.165, 1.54) is 0 Å². The number of fused-ring (bicyclic) bond motifs is 4. The van der Waals surface area contributed by atoms with Crippen LogP contribution < -0.4 is 0 Å². The molecule has 12 aromatic rings. The summed E-state index contributed by atoms with van der Waals surface area (Å²) in [6.45, 7) is 0. The minimum Gasteiger partial charge on any atom is -0.456 e. The van der Waals surface area contributed by atoms with Gasteiger partial charge in [0.2, 0.25) is 0 Å². The van der Waals surface area contributed by atoms with Crippen LogP contribution in [0.5, 0.6) is 0 Å². The summed E-state index contributed by atoms with van der Waals surface area (Å²) in [7, 11) is 0. The van der Waals surface area contributed by atoms with Gasteiger partial charge in [-0.3, -0.25) is 0 Å². The second-order valence-corrected chi connectivity index (χ2v) is 15.7. The molecule has 0 saturated carbocycles.